The number of benzene rings is 1. The first-order valence-corrected chi connectivity index (χ1v) is 13.3. The molecule has 1 saturated carbocycles. The minimum Gasteiger partial charge on any atom is -0.508 e. The van der Waals surface area contributed by atoms with E-state index in [0.717, 1.165) is 6.07 Å². The number of aliphatic hydroxyl groups is 3. The lowest BCUT2D eigenvalue weighted by molar-refractivity contribution is -0.275. The predicted octanol–water partition coefficient (Wildman–Crippen LogP) is 2.27. The Balaban J connectivity index is 2.01. The van der Waals surface area contributed by atoms with Crippen LogP contribution in [0.4, 0.5) is 13.2 Å². The Kier molecular flexibility index (Phi) is 7.89. The highest BCUT2D eigenvalue weighted by atomic mass is 19.4. The van der Waals surface area contributed by atoms with Crippen molar-refractivity contribution in [3.05, 3.63) is 39.7 Å². The van der Waals surface area contributed by atoms with Crippen LogP contribution in [0.1, 0.15) is 48.9 Å². The van der Waals surface area contributed by atoms with Crippen LogP contribution in [0.15, 0.2) is 23.0 Å². The molecule has 0 aromatic heterocycles. The van der Waals surface area contributed by atoms with Crippen LogP contribution < -0.4 is 10.5 Å². The van der Waals surface area contributed by atoms with Gasteiger partial charge in [-0.25, -0.2) is 0 Å². The summed E-state index contributed by atoms with van der Waals surface area (Å²) in [6, 6.07) is -0.889. The van der Waals surface area contributed by atoms with Gasteiger partial charge in [-0.15, -0.1) is 13.2 Å². The fourth-order valence-corrected chi connectivity index (χ4v) is 6.77. The van der Waals surface area contributed by atoms with Crippen molar-refractivity contribution in [2.45, 2.75) is 56.7 Å². The summed E-state index contributed by atoms with van der Waals surface area (Å²) in [5, 5.41) is 44.9. The maximum Gasteiger partial charge on any atom is 0.573 e. The molecule has 1 unspecified atom stereocenters. The fraction of sp³-hybridized carbons (Fsp3) is 0.536. The molecule has 1 aromatic rings. The van der Waals surface area contributed by atoms with Gasteiger partial charge in [0.15, 0.2) is 11.4 Å². The molecule has 0 aliphatic heterocycles. The molecule has 0 bridgehead atoms. The second-order valence-electron chi connectivity index (χ2n) is 11.4. The summed E-state index contributed by atoms with van der Waals surface area (Å²) in [7, 11) is 6.21. The molecule has 230 valence electrons. The van der Waals surface area contributed by atoms with Crippen LogP contribution in [0.25, 0.3) is 5.76 Å². The molecule has 4 rings (SSSR count). The lowest BCUT2D eigenvalue weighted by Crippen LogP contribution is -2.65. The molecular weight excluding hydrogens is 563 g/mol. The maximum atomic E-state index is 13.9. The summed E-state index contributed by atoms with van der Waals surface area (Å²) in [6.45, 7) is 1.84. The van der Waals surface area contributed by atoms with Crippen LogP contribution in [-0.2, 0) is 20.8 Å². The number of fused-ring (bicyclic) bond motifs is 3. The zero-order valence-corrected chi connectivity index (χ0v) is 23.7. The molecule has 0 heterocycles. The van der Waals surface area contributed by atoms with Gasteiger partial charge in [0.1, 0.15) is 28.6 Å². The van der Waals surface area contributed by atoms with Crippen LogP contribution in [0, 0.1) is 11.8 Å². The highest BCUT2D eigenvalue weighted by molar-refractivity contribution is 6.24. The average molecular weight is 598 g/mol. The molecule has 0 saturated heterocycles. The molecule has 1 amide bonds. The van der Waals surface area contributed by atoms with Crippen molar-refractivity contribution in [1.82, 2.24) is 9.80 Å². The van der Waals surface area contributed by atoms with Crippen LogP contribution >= 0.6 is 0 Å². The van der Waals surface area contributed by atoms with Gasteiger partial charge in [-0.1, -0.05) is 13.3 Å². The summed E-state index contributed by atoms with van der Waals surface area (Å²) in [6.07, 6.45) is -4.76. The number of primary amides is 1. The van der Waals surface area contributed by atoms with E-state index in [0.29, 0.717) is 12.8 Å². The minimum absolute atomic E-state index is 0.0241. The first-order valence-electron chi connectivity index (χ1n) is 13.3. The number of amides is 1. The van der Waals surface area contributed by atoms with Crippen molar-refractivity contribution in [2.24, 2.45) is 17.6 Å². The molecule has 0 radical (unpaired) electrons. The number of halogens is 3. The first kappa shape index (κ1) is 31.3. The predicted molar refractivity (Wildman–Crippen MR) is 142 cm³/mol. The largest absolute Gasteiger partial charge is 0.573 e. The maximum absolute atomic E-state index is 13.9. The molecule has 3 aliphatic carbocycles. The second kappa shape index (κ2) is 10.6. The molecule has 3 aliphatic rings. The number of likely N-dealkylation sites (N-methyl/N-ethyl adjacent to an activating group) is 1. The van der Waals surface area contributed by atoms with Gasteiger partial charge in [-0.3, -0.25) is 19.3 Å². The van der Waals surface area contributed by atoms with Gasteiger partial charge in [-0.05, 0) is 59.4 Å². The Morgan fingerprint density at radius 1 is 1.19 bits per heavy atom. The standard InChI is InChI=1S/C28H34F3N3O8/c1-6-7-15(33(2)3)12-10-16(35)18-13(23(12)42-28(29,30)31)8-11-9-14-20(34(4)5)22(37)19(26(32)40)25(39)27(14,41)24(38)17(11)21(18)36/h10-11,14-15,20,35-36,39,41H,6-9H2,1-5H3,(H2,32,40)/t11-,14-,15?,20-,27-/m0/s1. The molecule has 42 heavy (non-hydrogen) atoms. The monoisotopic (exact) mass is 597 g/mol. The Morgan fingerprint density at radius 2 is 1.81 bits per heavy atom. The summed E-state index contributed by atoms with van der Waals surface area (Å²) in [4.78, 5) is 42.2. The van der Waals surface area contributed by atoms with Gasteiger partial charge in [0.2, 0.25) is 5.78 Å². The van der Waals surface area contributed by atoms with Gasteiger partial charge >= 0.3 is 6.36 Å². The van der Waals surface area contributed by atoms with Crippen molar-refractivity contribution < 1.29 is 52.7 Å². The number of ether oxygens (including phenoxy) is 1. The molecule has 11 nitrogen and oxygen atoms in total. The lowest BCUT2D eigenvalue weighted by Gasteiger charge is -2.50. The number of nitrogens with two attached hydrogens (primary N) is 1. The van der Waals surface area contributed by atoms with Gasteiger partial charge in [-0.2, -0.15) is 0 Å². The molecule has 6 N–H and O–H groups in total. The summed E-state index contributed by atoms with van der Waals surface area (Å²) in [5.74, 6) is -9.39. The molecule has 0 spiro atoms. The van der Waals surface area contributed by atoms with Gasteiger partial charge in [0.05, 0.1) is 11.6 Å². The number of carbonyl (C=O) groups excluding carboxylic acids is 3. The summed E-state index contributed by atoms with van der Waals surface area (Å²) < 4.78 is 45.8. The average Bonchev–Trinajstić information content (AvgIpc) is 2.85. The summed E-state index contributed by atoms with van der Waals surface area (Å²) >= 11 is 0. The smallest absolute Gasteiger partial charge is 0.508 e. The van der Waals surface area contributed by atoms with Crippen LogP contribution in [0.2, 0.25) is 0 Å². The number of hydrogen-bond donors (Lipinski definition) is 5. The van der Waals surface area contributed by atoms with Crippen molar-refractivity contribution in [1.29, 1.82) is 0 Å². The van der Waals surface area contributed by atoms with Crippen molar-refractivity contribution in [3.8, 4) is 11.5 Å². The summed E-state index contributed by atoms with van der Waals surface area (Å²) in [5.41, 5.74) is 0.355. The van der Waals surface area contributed by atoms with Crippen molar-refractivity contribution in [3.63, 3.8) is 0 Å². The molecule has 1 fully saturated rings. The van der Waals surface area contributed by atoms with E-state index in [-0.39, 0.29) is 24.0 Å². The normalized spacial score (nSPS) is 26.8. The number of phenolic OH excluding ortho intramolecular Hbond substituents is 1. The SMILES string of the molecule is CCCC(c1cc(O)c2c(c1OC(F)(F)F)C[C@H]1C[C@H]3[C@H](N(C)C)C(=O)C(C(N)=O)=C(O)[C@@]3(O)C(=O)C1=C2O)N(C)C. The quantitative estimate of drug-likeness (QED) is 0.294. The third-order valence-corrected chi connectivity index (χ3v) is 8.46. The number of hydrogen-bond acceptors (Lipinski definition) is 10. The van der Waals surface area contributed by atoms with E-state index in [9.17, 15) is 48.0 Å². The van der Waals surface area contributed by atoms with Crippen LogP contribution in [0.5, 0.6) is 11.5 Å². The number of aliphatic hydroxyl groups excluding tert-OH is 2. The zero-order chi connectivity index (χ0) is 31.6. The van der Waals surface area contributed by atoms with E-state index in [4.69, 9.17) is 5.73 Å². The highest BCUT2D eigenvalue weighted by Gasteiger charge is 2.64. The topological polar surface area (TPSA) is 174 Å². The third kappa shape index (κ3) is 4.71. The van der Waals surface area contributed by atoms with E-state index < -0.39 is 93.1 Å². The number of alkyl halides is 3. The van der Waals surface area contributed by atoms with Crippen molar-refractivity contribution in [2.75, 3.05) is 28.2 Å². The highest BCUT2D eigenvalue weighted by Crippen LogP contribution is 2.55. The number of rotatable bonds is 7. The second-order valence-corrected chi connectivity index (χ2v) is 11.4. The first-order chi connectivity index (χ1) is 19.4. The molecular formula is C28H34F3N3O8. The number of Topliss-reactive ketones (excluding diaryl/α,β-unsaturated/α-hetero) is 2. The Hall–Kier alpha value is -3.62. The fourth-order valence-electron chi connectivity index (χ4n) is 6.77. The van der Waals surface area contributed by atoms with Gasteiger partial charge in [0.25, 0.3) is 5.91 Å². The number of phenols is 1. The number of aromatic hydroxyl groups is 1. The number of nitrogens with zero attached hydrogens (tertiary/aromatic N) is 2. The third-order valence-electron chi connectivity index (χ3n) is 8.46. The number of carbonyl (C=O) groups is 3. The van der Waals surface area contributed by atoms with Crippen molar-refractivity contribution >= 4 is 23.2 Å². The molecule has 14 heteroatoms. The molecule has 5 atom stereocenters. The van der Waals surface area contributed by atoms with Gasteiger partial charge in [0, 0.05) is 28.7 Å². The Bertz CT molecular complexity index is 1420. The van der Waals surface area contributed by atoms with E-state index >= 15 is 0 Å². The lowest BCUT2D eigenvalue weighted by atomic mass is 9.57. The van der Waals surface area contributed by atoms with Crippen LogP contribution in [-0.4, -0.2) is 93.9 Å². The van der Waals surface area contributed by atoms with E-state index in [1.54, 1.807) is 19.0 Å². The van der Waals surface area contributed by atoms with E-state index in [1.807, 2.05) is 6.92 Å². The number of ketones is 2. The van der Waals surface area contributed by atoms with Crippen LogP contribution in [0.3, 0.4) is 0 Å². The van der Waals surface area contributed by atoms with E-state index in [2.05, 4.69) is 4.74 Å². The minimum atomic E-state index is -5.14. The molecule has 1 aromatic carbocycles. The Morgan fingerprint density at radius 3 is 2.31 bits per heavy atom. The Labute approximate surface area is 239 Å². The zero-order valence-electron chi connectivity index (χ0n) is 23.7. The van der Waals surface area contributed by atoms with E-state index in [1.165, 1.54) is 19.0 Å². The van der Waals surface area contributed by atoms with Gasteiger partial charge < -0.3 is 35.8 Å².